The van der Waals surface area contributed by atoms with Crippen LogP contribution in [0.15, 0.2) is 59.5 Å². The van der Waals surface area contributed by atoms with Gasteiger partial charge in [-0.25, -0.2) is 0 Å². The fourth-order valence-electron chi connectivity index (χ4n) is 1.93. The number of hydrogen-bond donors (Lipinski definition) is 1. The van der Waals surface area contributed by atoms with Crippen LogP contribution in [0.2, 0.25) is 5.02 Å². The third-order valence-corrected chi connectivity index (χ3v) is 4.52. The van der Waals surface area contributed by atoms with Crippen molar-refractivity contribution in [2.45, 2.75) is 23.7 Å². The van der Waals surface area contributed by atoms with Gasteiger partial charge in [0, 0.05) is 16.5 Å². The number of hydrogen-bond acceptors (Lipinski definition) is 3. The molecule has 2 rings (SSSR count). The highest BCUT2D eigenvalue weighted by Crippen LogP contribution is 2.24. The van der Waals surface area contributed by atoms with Crippen LogP contribution < -0.4 is 5.32 Å². The van der Waals surface area contributed by atoms with Gasteiger partial charge in [-0.15, -0.1) is 11.8 Å². The van der Waals surface area contributed by atoms with Crippen LogP contribution in [0.3, 0.4) is 0 Å². The van der Waals surface area contributed by atoms with Gasteiger partial charge in [-0.05, 0) is 36.8 Å². The highest BCUT2D eigenvalue weighted by atomic mass is 35.5. The summed E-state index contributed by atoms with van der Waals surface area (Å²) in [6.07, 6.45) is 0. The van der Waals surface area contributed by atoms with Crippen LogP contribution in [0.25, 0.3) is 0 Å². The molecule has 0 saturated heterocycles. The van der Waals surface area contributed by atoms with Crippen LogP contribution in [0.5, 0.6) is 0 Å². The lowest BCUT2D eigenvalue weighted by atomic mass is 10.2. The second-order valence-electron chi connectivity index (χ2n) is 5.04. The van der Waals surface area contributed by atoms with Gasteiger partial charge in [-0.2, -0.15) is 0 Å². The summed E-state index contributed by atoms with van der Waals surface area (Å²) < 4.78 is 5.55. The predicted molar refractivity (Wildman–Crippen MR) is 95.9 cm³/mol. The number of halogens is 1. The maximum Gasteiger partial charge on any atom is 0.233 e. The quantitative estimate of drug-likeness (QED) is 0.574. The second kappa shape index (κ2) is 9.60. The fourth-order valence-corrected chi connectivity index (χ4v) is 2.94. The molecule has 0 aliphatic carbocycles. The molecular formula is C18H20ClNO2S. The van der Waals surface area contributed by atoms with Gasteiger partial charge in [-0.3, -0.25) is 4.79 Å². The topological polar surface area (TPSA) is 38.3 Å². The fraction of sp³-hybridized carbons (Fsp3) is 0.278. The van der Waals surface area contributed by atoms with Crippen LogP contribution in [0, 0.1) is 0 Å². The molecule has 1 atom stereocenters. The molecule has 0 unspecified atom stereocenters. The number of amides is 1. The van der Waals surface area contributed by atoms with Crippen molar-refractivity contribution in [2.24, 2.45) is 0 Å². The summed E-state index contributed by atoms with van der Waals surface area (Å²) in [5, 5.41) is 3.42. The van der Waals surface area contributed by atoms with Crippen LogP contribution in [-0.4, -0.2) is 24.3 Å². The van der Waals surface area contributed by atoms with Crippen LogP contribution in [0.4, 0.5) is 0 Å². The van der Waals surface area contributed by atoms with Crippen LogP contribution in [-0.2, 0) is 16.1 Å². The lowest BCUT2D eigenvalue weighted by molar-refractivity contribution is -0.120. The van der Waals surface area contributed by atoms with Gasteiger partial charge < -0.3 is 10.1 Å². The van der Waals surface area contributed by atoms with E-state index in [0.717, 1.165) is 10.5 Å². The Hall–Kier alpha value is -1.49. The largest absolute Gasteiger partial charge is 0.375 e. The van der Waals surface area contributed by atoms with Crippen molar-refractivity contribution in [3.8, 4) is 0 Å². The number of benzene rings is 2. The van der Waals surface area contributed by atoms with E-state index in [2.05, 4.69) is 5.32 Å². The van der Waals surface area contributed by atoms with Gasteiger partial charge in [0.1, 0.15) is 0 Å². The average molecular weight is 350 g/mol. The summed E-state index contributed by atoms with van der Waals surface area (Å²) in [6, 6.07) is 17.5. The van der Waals surface area contributed by atoms with Gasteiger partial charge in [0.25, 0.3) is 0 Å². The number of rotatable bonds is 8. The minimum atomic E-state index is -0.162. The highest BCUT2D eigenvalue weighted by Gasteiger charge is 2.13. The van der Waals surface area contributed by atoms with Crippen LogP contribution >= 0.6 is 23.4 Å². The van der Waals surface area contributed by atoms with E-state index in [1.54, 1.807) is 0 Å². The van der Waals surface area contributed by atoms with Crippen molar-refractivity contribution in [3.05, 3.63) is 65.2 Å². The summed E-state index contributed by atoms with van der Waals surface area (Å²) in [7, 11) is 0. The zero-order chi connectivity index (χ0) is 16.5. The van der Waals surface area contributed by atoms with Crippen molar-refractivity contribution in [1.29, 1.82) is 0 Å². The van der Waals surface area contributed by atoms with E-state index in [1.807, 2.05) is 61.5 Å². The van der Waals surface area contributed by atoms with E-state index in [1.165, 1.54) is 11.8 Å². The molecule has 0 radical (unpaired) electrons. The maximum absolute atomic E-state index is 12.0. The molecule has 2 aromatic carbocycles. The van der Waals surface area contributed by atoms with E-state index in [0.29, 0.717) is 24.8 Å². The Bertz CT molecular complexity index is 604. The number of carbonyl (C=O) groups is 1. The summed E-state index contributed by atoms with van der Waals surface area (Å²) in [4.78, 5) is 13.1. The summed E-state index contributed by atoms with van der Waals surface area (Å²) in [5.41, 5.74) is 1.13. The van der Waals surface area contributed by atoms with E-state index in [9.17, 15) is 4.79 Å². The molecule has 2 aromatic rings. The molecular weight excluding hydrogens is 330 g/mol. The lowest BCUT2D eigenvalue weighted by Crippen LogP contribution is -2.33. The van der Waals surface area contributed by atoms with E-state index < -0.39 is 0 Å². The molecule has 0 aliphatic heterocycles. The molecule has 0 heterocycles. The standard InChI is InChI=1S/C18H20ClNO2S/c1-14(23-17-9-7-16(19)8-10-17)18(21)20-11-12-22-13-15-5-3-2-4-6-15/h2-10,14H,11-13H2,1H3,(H,20,21)/t14-/m1/s1. The zero-order valence-corrected chi connectivity index (χ0v) is 14.6. The first-order valence-electron chi connectivity index (χ1n) is 7.47. The SMILES string of the molecule is C[C@@H](Sc1ccc(Cl)cc1)C(=O)NCCOCc1ccccc1. The molecule has 5 heteroatoms. The molecule has 1 N–H and O–H groups in total. The van der Waals surface area contributed by atoms with Crippen molar-refractivity contribution < 1.29 is 9.53 Å². The number of ether oxygens (including phenoxy) is 1. The zero-order valence-electron chi connectivity index (χ0n) is 13.0. The highest BCUT2D eigenvalue weighted by molar-refractivity contribution is 8.00. The molecule has 0 aliphatic rings. The molecule has 0 saturated carbocycles. The van der Waals surface area contributed by atoms with Gasteiger partial charge in [0.15, 0.2) is 0 Å². The van der Waals surface area contributed by atoms with Crippen molar-refractivity contribution in [2.75, 3.05) is 13.2 Å². The van der Waals surface area contributed by atoms with Crippen molar-refractivity contribution in [3.63, 3.8) is 0 Å². The smallest absolute Gasteiger partial charge is 0.233 e. The molecule has 1 amide bonds. The van der Waals surface area contributed by atoms with Crippen molar-refractivity contribution in [1.82, 2.24) is 5.32 Å². The number of nitrogens with one attached hydrogen (secondary N) is 1. The van der Waals surface area contributed by atoms with E-state index in [4.69, 9.17) is 16.3 Å². The number of carbonyl (C=O) groups excluding carboxylic acids is 1. The third kappa shape index (κ3) is 6.65. The Morgan fingerprint density at radius 3 is 2.57 bits per heavy atom. The monoisotopic (exact) mass is 349 g/mol. The molecule has 0 fully saturated rings. The van der Waals surface area contributed by atoms with Crippen LogP contribution in [0.1, 0.15) is 12.5 Å². The molecule has 3 nitrogen and oxygen atoms in total. The minimum absolute atomic E-state index is 0.00765. The Balaban J connectivity index is 1.63. The summed E-state index contributed by atoms with van der Waals surface area (Å²) >= 11 is 7.36. The van der Waals surface area contributed by atoms with Crippen molar-refractivity contribution >= 4 is 29.3 Å². The third-order valence-electron chi connectivity index (χ3n) is 3.15. The first-order chi connectivity index (χ1) is 11.1. The lowest BCUT2D eigenvalue weighted by Gasteiger charge is -2.12. The first-order valence-corrected chi connectivity index (χ1v) is 8.72. The number of thioether (sulfide) groups is 1. The summed E-state index contributed by atoms with van der Waals surface area (Å²) in [6.45, 7) is 3.46. The molecule has 122 valence electrons. The molecule has 0 aromatic heterocycles. The minimum Gasteiger partial charge on any atom is -0.375 e. The summed E-state index contributed by atoms with van der Waals surface area (Å²) in [5.74, 6) is 0.00765. The average Bonchev–Trinajstić information content (AvgIpc) is 2.57. The Morgan fingerprint density at radius 2 is 1.87 bits per heavy atom. The Morgan fingerprint density at radius 1 is 1.17 bits per heavy atom. The Labute approximate surface area is 146 Å². The molecule has 0 bridgehead atoms. The second-order valence-corrected chi connectivity index (χ2v) is 6.89. The van der Waals surface area contributed by atoms with E-state index in [-0.39, 0.29) is 11.2 Å². The van der Waals surface area contributed by atoms with Gasteiger partial charge >= 0.3 is 0 Å². The van der Waals surface area contributed by atoms with E-state index >= 15 is 0 Å². The van der Waals surface area contributed by atoms with Gasteiger partial charge in [0.2, 0.25) is 5.91 Å². The van der Waals surface area contributed by atoms with Gasteiger partial charge in [-0.1, -0.05) is 41.9 Å². The molecule has 23 heavy (non-hydrogen) atoms. The van der Waals surface area contributed by atoms with Gasteiger partial charge in [0.05, 0.1) is 18.5 Å². The maximum atomic E-state index is 12.0. The normalized spacial score (nSPS) is 11.9. The predicted octanol–water partition coefficient (Wildman–Crippen LogP) is 4.15. The molecule has 0 spiro atoms. The first kappa shape index (κ1) is 17.9. The Kier molecular flexibility index (Phi) is 7.46.